The molecule has 0 saturated carbocycles. The lowest BCUT2D eigenvalue weighted by Crippen LogP contribution is -2.30. The van der Waals surface area contributed by atoms with Crippen LogP contribution in [0, 0.1) is 6.92 Å². The van der Waals surface area contributed by atoms with E-state index in [-0.39, 0.29) is 0 Å². The Balaban J connectivity index is 1.67. The summed E-state index contributed by atoms with van der Waals surface area (Å²) in [6, 6.07) is 20.6. The lowest BCUT2D eigenvalue weighted by molar-refractivity contribution is 0.290. The summed E-state index contributed by atoms with van der Waals surface area (Å²) in [7, 11) is 0. The minimum atomic E-state index is 0.388. The number of rotatable bonds is 0. The summed E-state index contributed by atoms with van der Waals surface area (Å²) in [6.45, 7) is 15.2. The second-order valence-electron chi connectivity index (χ2n) is 9.60. The summed E-state index contributed by atoms with van der Waals surface area (Å²) in [5, 5.41) is 38.4. The van der Waals surface area contributed by atoms with Crippen LogP contribution in [-0.4, -0.2) is 15.6 Å². The molecule has 3 aliphatic heterocycles. The quantitative estimate of drug-likeness (QED) is 0.237. The average Bonchev–Trinajstić information content (AvgIpc) is 2.91. The van der Waals surface area contributed by atoms with Crippen molar-refractivity contribution in [3.05, 3.63) is 125 Å². The molecule has 0 radical (unpaired) electrons. The summed E-state index contributed by atoms with van der Waals surface area (Å²) in [5.74, 6) is 0. The third-order valence-electron chi connectivity index (χ3n) is 7.58. The van der Waals surface area contributed by atoms with Gasteiger partial charge in [-0.2, -0.15) is 0 Å². The molecule has 6 nitrogen and oxygen atoms in total. The molecule has 0 amide bonds. The van der Waals surface area contributed by atoms with Crippen molar-refractivity contribution >= 4 is 50.8 Å². The number of fused-ring (bicyclic) bond motifs is 9. The summed E-state index contributed by atoms with van der Waals surface area (Å²) in [6.07, 6.45) is 0. The Bertz CT molecular complexity index is 1720. The van der Waals surface area contributed by atoms with E-state index in [0.29, 0.717) is 67.5 Å². The molecule has 6 heteroatoms. The van der Waals surface area contributed by atoms with Gasteiger partial charge in [-0.15, -0.1) is 0 Å². The van der Waals surface area contributed by atoms with Gasteiger partial charge >= 0.3 is 0 Å². The highest BCUT2D eigenvalue weighted by molar-refractivity contribution is 6.17. The molecule has 3 aliphatic rings. The first-order chi connectivity index (χ1) is 17.8. The monoisotopic (exact) mass is 485 g/mol. The number of benzene rings is 4. The van der Waals surface area contributed by atoms with E-state index in [9.17, 15) is 15.6 Å². The Labute approximate surface area is 214 Å². The summed E-state index contributed by atoms with van der Waals surface area (Å²) in [5.41, 5.74) is 9.53. The van der Waals surface area contributed by atoms with Crippen molar-refractivity contribution in [2.45, 2.75) is 6.92 Å². The molecule has 4 aromatic rings. The van der Waals surface area contributed by atoms with Gasteiger partial charge in [0.25, 0.3) is 0 Å². The molecule has 0 atom stereocenters. The molecule has 0 spiro atoms. The fraction of sp³-hybridized carbons (Fsp3) is 0.0323. The maximum absolute atomic E-state index is 11.7. The summed E-state index contributed by atoms with van der Waals surface area (Å²) >= 11 is 0. The Morgan fingerprint density at radius 1 is 0.514 bits per heavy atom. The van der Waals surface area contributed by atoms with Crippen LogP contribution in [0.15, 0.2) is 86.5 Å². The number of nitrogens with zero attached hydrogens (tertiary/aromatic N) is 3. The van der Waals surface area contributed by atoms with Gasteiger partial charge in [0.1, 0.15) is 0 Å². The molecule has 3 N–H and O–H groups in total. The molecule has 0 aromatic heterocycles. The highest BCUT2D eigenvalue weighted by Crippen LogP contribution is 2.62. The van der Waals surface area contributed by atoms with Crippen LogP contribution in [0.3, 0.4) is 0 Å². The van der Waals surface area contributed by atoms with E-state index in [0.717, 1.165) is 37.4 Å². The number of aryl methyl sites for hydroxylation is 1. The van der Waals surface area contributed by atoms with E-state index in [1.165, 1.54) is 0 Å². The highest BCUT2D eigenvalue weighted by Gasteiger charge is 2.43. The molecule has 0 unspecified atom stereocenters. The zero-order chi connectivity index (χ0) is 25.7. The van der Waals surface area contributed by atoms with E-state index in [1.54, 1.807) is 12.1 Å². The van der Waals surface area contributed by atoms with Crippen LogP contribution in [0.1, 0.15) is 38.9 Å². The van der Waals surface area contributed by atoms with E-state index in [4.69, 9.17) is 0 Å². The fourth-order valence-electron chi connectivity index (χ4n) is 5.87. The maximum atomic E-state index is 11.7. The number of para-hydroxylation sites is 2. The number of hydrogen-bond acceptors (Lipinski definition) is 6. The first-order valence-corrected chi connectivity index (χ1v) is 11.9. The van der Waals surface area contributed by atoms with E-state index >= 15 is 0 Å². The zero-order valence-corrected chi connectivity index (χ0v) is 20.2. The van der Waals surface area contributed by atoms with Crippen LogP contribution in [0.5, 0.6) is 0 Å². The first kappa shape index (κ1) is 21.6. The number of hydrogen-bond donors (Lipinski definition) is 3. The van der Waals surface area contributed by atoms with Crippen molar-refractivity contribution in [3.8, 4) is 0 Å². The molecule has 180 valence electrons. The second-order valence-corrected chi connectivity index (χ2v) is 9.60. The lowest BCUT2D eigenvalue weighted by atomic mass is 9.77. The molecular formula is C31H23N3O3. The third kappa shape index (κ3) is 2.58. The maximum Gasteiger partial charge on any atom is 0.0894 e. The van der Waals surface area contributed by atoms with Gasteiger partial charge in [0.15, 0.2) is 0 Å². The highest BCUT2D eigenvalue weighted by atomic mass is 16.5. The van der Waals surface area contributed by atoms with Crippen molar-refractivity contribution in [1.82, 2.24) is 0 Å². The van der Waals surface area contributed by atoms with E-state index < -0.39 is 0 Å². The minimum absolute atomic E-state index is 0.388. The smallest absolute Gasteiger partial charge is 0.0894 e. The van der Waals surface area contributed by atoms with Gasteiger partial charge in [0.2, 0.25) is 0 Å². The van der Waals surface area contributed by atoms with Crippen LogP contribution >= 0.6 is 0 Å². The van der Waals surface area contributed by atoms with Crippen molar-refractivity contribution in [3.63, 3.8) is 0 Å². The molecule has 37 heavy (non-hydrogen) atoms. The van der Waals surface area contributed by atoms with Gasteiger partial charge in [-0.05, 0) is 47.4 Å². The SMILES string of the molecule is C=C1c2ccccc2N(O)c2c1c1c(c3c2C(=C)c2ccc(C)cc2N3O)C(=C)c2ccccc2N1O. The van der Waals surface area contributed by atoms with Crippen molar-refractivity contribution < 1.29 is 15.6 Å². The predicted octanol–water partition coefficient (Wildman–Crippen LogP) is 7.70. The lowest BCUT2D eigenvalue weighted by Gasteiger charge is -2.42. The van der Waals surface area contributed by atoms with Crippen LogP contribution in [-0.2, 0) is 0 Å². The van der Waals surface area contributed by atoms with Gasteiger partial charge in [-0.25, -0.2) is 15.2 Å². The van der Waals surface area contributed by atoms with Crippen LogP contribution in [0.4, 0.5) is 34.1 Å². The third-order valence-corrected chi connectivity index (χ3v) is 7.58. The Kier molecular flexibility index (Phi) is 4.22. The molecule has 4 aromatic carbocycles. The summed E-state index contributed by atoms with van der Waals surface area (Å²) in [4.78, 5) is 0. The van der Waals surface area contributed by atoms with Crippen LogP contribution in [0.25, 0.3) is 16.7 Å². The second kappa shape index (κ2) is 7.21. The van der Waals surface area contributed by atoms with Crippen LogP contribution < -0.4 is 15.2 Å². The van der Waals surface area contributed by atoms with Crippen molar-refractivity contribution in [1.29, 1.82) is 0 Å². The Morgan fingerprint density at radius 2 is 0.892 bits per heavy atom. The first-order valence-electron chi connectivity index (χ1n) is 11.9. The normalized spacial score (nSPS) is 15.0. The Morgan fingerprint density at radius 3 is 1.35 bits per heavy atom. The zero-order valence-electron chi connectivity index (χ0n) is 20.2. The molecule has 0 aliphatic carbocycles. The van der Waals surface area contributed by atoms with Gasteiger partial charge in [0, 0.05) is 33.4 Å². The topological polar surface area (TPSA) is 70.4 Å². The van der Waals surface area contributed by atoms with Crippen LogP contribution in [0.2, 0.25) is 0 Å². The van der Waals surface area contributed by atoms with Crippen molar-refractivity contribution in [2.75, 3.05) is 15.2 Å². The molecule has 7 rings (SSSR count). The molecule has 0 fully saturated rings. The average molecular weight is 486 g/mol. The molecule has 3 heterocycles. The Hall–Kier alpha value is -4.62. The van der Waals surface area contributed by atoms with E-state index in [2.05, 4.69) is 19.7 Å². The number of anilines is 6. The van der Waals surface area contributed by atoms with Gasteiger partial charge in [0.05, 0.1) is 34.1 Å². The fourth-order valence-corrected chi connectivity index (χ4v) is 5.87. The van der Waals surface area contributed by atoms with E-state index in [1.807, 2.05) is 61.5 Å². The largest absolute Gasteiger partial charge is 0.283 e. The van der Waals surface area contributed by atoms with Crippen molar-refractivity contribution in [2.24, 2.45) is 0 Å². The molecular weight excluding hydrogens is 462 g/mol. The standard InChI is InChI=1S/C31H23N3O3/c1-16-13-14-22-19(4)28-30-26(17(2)20-9-5-7-11-23(20)33(30)36)29-27(31(28)34(37)25(22)15-16)18(3)21-10-6-8-12-24(21)32(29)35/h5-15,35-37H,2-4H2,1H3. The molecule has 0 bridgehead atoms. The molecule has 0 saturated heterocycles. The van der Waals surface area contributed by atoms with Gasteiger partial charge in [-0.1, -0.05) is 68.3 Å². The van der Waals surface area contributed by atoms with Gasteiger partial charge in [-0.3, -0.25) is 15.6 Å². The minimum Gasteiger partial charge on any atom is -0.283 e. The summed E-state index contributed by atoms with van der Waals surface area (Å²) < 4.78 is 0. The van der Waals surface area contributed by atoms with Gasteiger partial charge < -0.3 is 0 Å². The predicted molar refractivity (Wildman–Crippen MR) is 147 cm³/mol.